The molecular weight excluding hydrogens is 276 g/mol. The largest absolute Gasteiger partial charge is 0.352 e. The molecule has 3 amide bonds. The van der Waals surface area contributed by atoms with Crippen LogP contribution in [0.2, 0.25) is 0 Å². The van der Waals surface area contributed by atoms with Gasteiger partial charge in [-0.15, -0.1) is 0 Å². The van der Waals surface area contributed by atoms with Gasteiger partial charge in [0.2, 0.25) is 5.91 Å². The normalized spacial score (nSPS) is 9.95. The zero-order valence-electron chi connectivity index (χ0n) is 11.7. The first-order valence-electron chi connectivity index (χ1n) is 6.48. The Balaban J connectivity index is 2.43. The summed E-state index contributed by atoms with van der Waals surface area (Å²) in [7, 11) is 0. The second-order valence-corrected chi connectivity index (χ2v) is 4.55. The Kier molecular flexibility index (Phi) is 6.12. The van der Waals surface area contributed by atoms with E-state index in [-0.39, 0.29) is 18.0 Å². The molecule has 1 aromatic rings. The third-order valence-electron chi connectivity index (χ3n) is 2.82. The topological polar surface area (TPSA) is 127 Å². The van der Waals surface area contributed by atoms with Crippen LogP contribution < -0.4 is 16.4 Å². The number of nitro benzene ring substituents is 1. The lowest BCUT2D eigenvalue weighted by atomic mass is 10.1. The van der Waals surface area contributed by atoms with Crippen molar-refractivity contribution >= 4 is 23.3 Å². The van der Waals surface area contributed by atoms with Crippen LogP contribution in [0.25, 0.3) is 0 Å². The highest BCUT2D eigenvalue weighted by molar-refractivity contribution is 5.91. The smallest absolute Gasteiger partial charge is 0.312 e. The maximum absolute atomic E-state index is 11.7. The first kappa shape index (κ1) is 16.4. The highest BCUT2D eigenvalue weighted by Crippen LogP contribution is 2.22. The van der Waals surface area contributed by atoms with Crippen molar-refractivity contribution in [2.75, 3.05) is 11.9 Å². The molecule has 0 unspecified atom stereocenters. The molecule has 0 spiro atoms. The monoisotopic (exact) mass is 294 g/mol. The summed E-state index contributed by atoms with van der Waals surface area (Å²) in [6.45, 7) is 2.05. The number of nitrogens with two attached hydrogens (primary N) is 1. The number of urea groups is 1. The number of carbonyl (C=O) groups excluding carboxylic acids is 2. The summed E-state index contributed by atoms with van der Waals surface area (Å²) in [5, 5.41) is 15.8. The zero-order chi connectivity index (χ0) is 15.8. The number of nitrogens with zero attached hydrogens (tertiary/aromatic N) is 1. The van der Waals surface area contributed by atoms with E-state index in [0.29, 0.717) is 30.6 Å². The maximum atomic E-state index is 11.7. The summed E-state index contributed by atoms with van der Waals surface area (Å²) in [5.74, 6) is -0.229. The van der Waals surface area contributed by atoms with Crippen LogP contribution in [0.15, 0.2) is 18.2 Å². The molecule has 0 atom stereocenters. The van der Waals surface area contributed by atoms with Crippen LogP contribution in [0, 0.1) is 17.0 Å². The van der Waals surface area contributed by atoms with Gasteiger partial charge in [0.05, 0.1) is 4.92 Å². The van der Waals surface area contributed by atoms with Crippen molar-refractivity contribution in [3.8, 4) is 0 Å². The van der Waals surface area contributed by atoms with Gasteiger partial charge in [0, 0.05) is 30.3 Å². The molecule has 1 aromatic carbocycles. The van der Waals surface area contributed by atoms with E-state index >= 15 is 0 Å². The van der Waals surface area contributed by atoms with Gasteiger partial charge in [-0.05, 0) is 25.8 Å². The van der Waals surface area contributed by atoms with Crippen molar-refractivity contribution in [1.82, 2.24) is 5.32 Å². The van der Waals surface area contributed by atoms with Gasteiger partial charge in [-0.2, -0.15) is 0 Å². The molecule has 21 heavy (non-hydrogen) atoms. The number of amides is 3. The van der Waals surface area contributed by atoms with Crippen LogP contribution in [0.4, 0.5) is 16.2 Å². The van der Waals surface area contributed by atoms with Gasteiger partial charge in [0.1, 0.15) is 0 Å². The molecule has 0 saturated heterocycles. The van der Waals surface area contributed by atoms with Crippen molar-refractivity contribution in [3.63, 3.8) is 0 Å². The molecule has 8 heteroatoms. The van der Waals surface area contributed by atoms with Crippen LogP contribution in [0.3, 0.4) is 0 Å². The zero-order valence-corrected chi connectivity index (χ0v) is 11.7. The molecule has 4 N–H and O–H groups in total. The van der Waals surface area contributed by atoms with Crippen molar-refractivity contribution in [1.29, 1.82) is 0 Å². The van der Waals surface area contributed by atoms with E-state index in [9.17, 15) is 19.7 Å². The summed E-state index contributed by atoms with van der Waals surface area (Å²) < 4.78 is 0. The van der Waals surface area contributed by atoms with Gasteiger partial charge in [-0.25, -0.2) is 4.79 Å². The molecule has 0 aromatic heterocycles. The molecule has 0 radical (unpaired) electrons. The Hall–Kier alpha value is -2.64. The predicted octanol–water partition coefficient (Wildman–Crippen LogP) is 1.68. The second-order valence-electron chi connectivity index (χ2n) is 4.55. The van der Waals surface area contributed by atoms with Crippen LogP contribution in [-0.2, 0) is 4.79 Å². The van der Waals surface area contributed by atoms with E-state index in [1.165, 1.54) is 6.07 Å². The van der Waals surface area contributed by atoms with E-state index in [2.05, 4.69) is 10.6 Å². The Morgan fingerprint density at radius 1 is 1.33 bits per heavy atom. The summed E-state index contributed by atoms with van der Waals surface area (Å²) in [4.78, 5) is 32.4. The number of anilines is 1. The highest BCUT2D eigenvalue weighted by atomic mass is 16.6. The number of hydrogen-bond acceptors (Lipinski definition) is 4. The first-order valence-corrected chi connectivity index (χ1v) is 6.48. The number of hydrogen-bond donors (Lipinski definition) is 3. The summed E-state index contributed by atoms with van der Waals surface area (Å²) in [6, 6.07) is 3.95. The first-order chi connectivity index (χ1) is 9.90. The third kappa shape index (κ3) is 5.89. The summed E-state index contributed by atoms with van der Waals surface area (Å²) in [6.07, 6.45) is 1.48. The van der Waals surface area contributed by atoms with E-state index in [0.717, 1.165) is 0 Å². The molecule has 0 aliphatic heterocycles. The number of nitrogens with one attached hydrogen (secondary N) is 2. The molecule has 0 heterocycles. The van der Waals surface area contributed by atoms with Crippen molar-refractivity contribution < 1.29 is 14.5 Å². The fourth-order valence-electron chi connectivity index (χ4n) is 1.73. The maximum Gasteiger partial charge on any atom is 0.312 e. The molecule has 0 fully saturated rings. The lowest BCUT2D eigenvalue weighted by Gasteiger charge is -2.06. The van der Waals surface area contributed by atoms with Crippen molar-refractivity contribution in [3.05, 3.63) is 33.9 Å². The number of aryl methyl sites for hydroxylation is 1. The molecule has 1 rings (SSSR count). The summed E-state index contributed by atoms with van der Waals surface area (Å²) in [5.41, 5.74) is 5.81. The van der Waals surface area contributed by atoms with Gasteiger partial charge in [-0.3, -0.25) is 14.9 Å². The number of carbonyl (C=O) groups is 2. The average molecular weight is 294 g/mol. The minimum atomic E-state index is -0.591. The minimum Gasteiger partial charge on any atom is -0.352 e. The molecule has 114 valence electrons. The van der Waals surface area contributed by atoms with E-state index in [4.69, 9.17) is 5.73 Å². The number of benzene rings is 1. The molecule has 0 aliphatic rings. The summed E-state index contributed by atoms with van der Waals surface area (Å²) >= 11 is 0. The average Bonchev–Trinajstić information content (AvgIpc) is 2.40. The Bertz CT molecular complexity index is 545. The fraction of sp³-hybridized carbons (Fsp3) is 0.385. The molecule has 8 nitrogen and oxygen atoms in total. The third-order valence-corrected chi connectivity index (χ3v) is 2.82. The van der Waals surface area contributed by atoms with Gasteiger partial charge in [-0.1, -0.05) is 6.07 Å². The fourth-order valence-corrected chi connectivity index (χ4v) is 1.73. The number of nitro groups is 1. The quantitative estimate of drug-likeness (QED) is 0.401. The van der Waals surface area contributed by atoms with Gasteiger partial charge in [0.25, 0.3) is 5.69 Å². The van der Waals surface area contributed by atoms with Crippen molar-refractivity contribution in [2.45, 2.75) is 26.2 Å². The van der Waals surface area contributed by atoms with E-state index < -0.39 is 11.0 Å². The van der Waals surface area contributed by atoms with Crippen LogP contribution in [0.1, 0.15) is 24.8 Å². The molecule has 0 bridgehead atoms. The molecule has 0 aliphatic carbocycles. The molecule has 0 saturated carbocycles. The predicted molar refractivity (Wildman–Crippen MR) is 77.9 cm³/mol. The van der Waals surface area contributed by atoms with Crippen LogP contribution >= 0.6 is 0 Å². The lowest BCUT2D eigenvalue weighted by Crippen LogP contribution is -2.30. The van der Waals surface area contributed by atoms with E-state index in [1.54, 1.807) is 19.1 Å². The van der Waals surface area contributed by atoms with Gasteiger partial charge >= 0.3 is 6.03 Å². The highest BCUT2D eigenvalue weighted by Gasteiger charge is 2.12. The number of unbranched alkanes of at least 4 members (excludes halogenated alkanes) is 1. The van der Waals surface area contributed by atoms with Crippen LogP contribution in [-0.4, -0.2) is 23.4 Å². The number of primary amides is 1. The Morgan fingerprint density at radius 3 is 2.67 bits per heavy atom. The van der Waals surface area contributed by atoms with Gasteiger partial charge in [0.15, 0.2) is 0 Å². The number of rotatable bonds is 7. The standard InChI is InChI=1S/C13H18N4O4/c1-9-5-6-10(8-11(9)17(20)21)16-12(18)4-2-3-7-15-13(14)19/h5-6,8H,2-4,7H2,1H3,(H,16,18)(H3,14,15,19). The molecular formula is C13H18N4O4. The van der Waals surface area contributed by atoms with Crippen LogP contribution in [0.5, 0.6) is 0 Å². The SMILES string of the molecule is Cc1ccc(NC(=O)CCCCNC(N)=O)cc1[N+](=O)[O-]. The lowest BCUT2D eigenvalue weighted by molar-refractivity contribution is -0.385. The van der Waals surface area contributed by atoms with Crippen molar-refractivity contribution in [2.24, 2.45) is 5.73 Å². The minimum absolute atomic E-state index is 0.0292. The Morgan fingerprint density at radius 2 is 2.05 bits per heavy atom. The van der Waals surface area contributed by atoms with E-state index in [1.807, 2.05) is 0 Å². The second kappa shape index (κ2) is 7.83. The van der Waals surface area contributed by atoms with Gasteiger partial charge < -0.3 is 16.4 Å². The Labute approximate surface area is 121 Å².